The van der Waals surface area contributed by atoms with E-state index < -0.39 is 6.09 Å². The summed E-state index contributed by atoms with van der Waals surface area (Å²) in [6.07, 6.45) is -0.0399. The van der Waals surface area contributed by atoms with Crippen LogP contribution in [0, 0.1) is 0 Å². The Morgan fingerprint density at radius 3 is 3.00 bits per heavy atom. The van der Waals surface area contributed by atoms with Gasteiger partial charge in [0.2, 0.25) is 0 Å². The van der Waals surface area contributed by atoms with Gasteiger partial charge in [0.1, 0.15) is 0 Å². The van der Waals surface area contributed by atoms with E-state index in [1.807, 2.05) is 19.1 Å². The fourth-order valence-electron chi connectivity index (χ4n) is 2.06. The first kappa shape index (κ1) is 10.5. The minimum absolute atomic E-state index is 0.0423. The van der Waals surface area contributed by atoms with Crippen LogP contribution >= 0.6 is 15.9 Å². The lowest BCUT2D eigenvalue weighted by atomic mass is 9.94. The van der Waals surface area contributed by atoms with Gasteiger partial charge in [0.15, 0.2) is 0 Å². The highest BCUT2D eigenvalue weighted by Crippen LogP contribution is 2.30. The molecule has 15 heavy (non-hydrogen) atoms. The first-order chi connectivity index (χ1) is 7.09. The van der Waals surface area contributed by atoms with E-state index in [2.05, 4.69) is 22.0 Å². The predicted octanol–water partition coefficient (Wildman–Crippen LogP) is 3.05. The van der Waals surface area contributed by atoms with Crippen LogP contribution in [0.1, 0.15) is 24.1 Å². The third kappa shape index (κ3) is 1.86. The first-order valence-corrected chi connectivity index (χ1v) is 5.67. The van der Waals surface area contributed by atoms with Gasteiger partial charge >= 0.3 is 6.09 Å². The van der Waals surface area contributed by atoms with E-state index in [1.165, 1.54) is 10.5 Å². The van der Waals surface area contributed by atoms with Gasteiger partial charge in [-0.25, -0.2) is 4.79 Å². The zero-order chi connectivity index (χ0) is 11.0. The monoisotopic (exact) mass is 269 g/mol. The molecule has 0 aliphatic carbocycles. The van der Waals surface area contributed by atoms with Crippen LogP contribution in [0.4, 0.5) is 4.79 Å². The summed E-state index contributed by atoms with van der Waals surface area (Å²) >= 11 is 3.42. The molecule has 1 amide bonds. The average molecular weight is 270 g/mol. The van der Waals surface area contributed by atoms with Gasteiger partial charge in [0.05, 0.1) is 6.04 Å². The number of hydrogen-bond acceptors (Lipinski definition) is 1. The number of amides is 1. The van der Waals surface area contributed by atoms with E-state index in [4.69, 9.17) is 5.11 Å². The van der Waals surface area contributed by atoms with E-state index >= 15 is 0 Å². The molecule has 1 N–H and O–H groups in total. The molecule has 1 aliphatic rings. The Kier molecular flexibility index (Phi) is 2.69. The summed E-state index contributed by atoms with van der Waals surface area (Å²) in [6.45, 7) is 2.51. The molecular formula is C11H12BrNO2. The Balaban J connectivity index is 2.38. The third-order valence-electron chi connectivity index (χ3n) is 2.89. The summed E-state index contributed by atoms with van der Waals surface area (Å²) in [6, 6.07) is 5.99. The van der Waals surface area contributed by atoms with Gasteiger partial charge in [0.25, 0.3) is 0 Å². The largest absolute Gasteiger partial charge is 0.465 e. The van der Waals surface area contributed by atoms with Crippen molar-refractivity contribution in [2.45, 2.75) is 19.4 Å². The molecule has 0 saturated heterocycles. The van der Waals surface area contributed by atoms with Gasteiger partial charge in [-0.1, -0.05) is 22.0 Å². The second-order valence-corrected chi connectivity index (χ2v) is 4.66. The molecule has 1 aromatic carbocycles. The van der Waals surface area contributed by atoms with Crippen LogP contribution in [0.2, 0.25) is 0 Å². The number of fused-ring (bicyclic) bond motifs is 1. The molecule has 0 fully saturated rings. The molecule has 0 saturated carbocycles. The van der Waals surface area contributed by atoms with Crippen molar-refractivity contribution in [3.63, 3.8) is 0 Å². The topological polar surface area (TPSA) is 40.5 Å². The summed E-state index contributed by atoms with van der Waals surface area (Å²) in [5.41, 5.74) is 2.36. The van der Waals surface area contributed by atoms with Gasteiger partial charge in [-0.3, -0.25) is 0 Å². The van der Waals surface area contributed by atoms with Crippen LogP contribution in [-0.2, 0) is 6.42 Å². The van der Waals surface area contributed by atoms with Crippen LogP contribution in [0.5, 0.6) is 0 Å². The number of nitrogens with zero attached hydrogens (tertiary/aromatic N) is 1. The zero-order valence-electron chi connectivity index (χ0n) is 8.40. The first-order valence-electron chi connectivity index (χ1n) is 4.87. The van der Waals surface area contributed by atoms with Crippen LogP contribution < -0.4 is 0 Å². The third-order valence-corrected chi connectivity index (χ3v) is 3.38. The molecule has 3 nitrogen and oxygen atoms in total. The lowest BCUT2D eigenvalue weighted by Crippen LogP contribution is -2.37. The molecule has 1 unspecified atom stereocenters. The standard InChI is InChI=1S/C11H12BrNO2/c1-7-10-3-2-9(12)6-8(10)4-5-13(7)11(14)15/h2-3,6-7H,4-5H2,1H3,(H,14,15). The summed E-state index contributed by atoms with van der Waals surface area (Å²) in [5, 5.41) is 9.01. The van der Waals surface area contributed by atoms with Crippen molar-refractivity contribution >= 4 is 22.0 Å². The maximum atomic E-state index is 11.0. The Labute approximate surface area is 96.8 Å². The van der Waals surface area contributed by atoms with E-state index in [1.54, 1.807) is 0 Å². The molecule has 1 aromatic rings. The molecular weight excluding hydrogens is 258 g/mol. The molecule has 1 heterocycles. The van der Waals surface area contributed by atoms with E-state index in [9.17, 15) is 4.79 Å². The lowest BCUT2D eigenvalue weighted by Gasteiger charge is -2.33. The second-order valence-electron chi connectivity index (χ2n) is 3.75. The number of benzene rings is 1. The summed E-state index contributed by atoms with van der Waals surface area (Å²) in [4.78, 5) is 12.4. The van der Waals surface area contributed by atoms with Crippen molar-refractivity contribution in [2.24, 2.45) is 0 Å². The van der Waals surface area contributed by atoms with Gasteiger partial charge < -0.3 is 10.0 Å². The molecule has 0 aromatic heterocycles. The van der Waals surface area contributed by atoms with Crippen LogP contribution in [0.25, 0.3) is 0 Å². The predicted molar refractivity (Wildman–Crippen MR) is 61.0 cm³/mol. The highest BCUT2D eigenvalue weighted by molar-refractivity contribution is 9.10. The van der Waals surface area contributed by atoms with Crippen molar-refractivity contribution in [3.8, 4) is 0 Å². The molecule has 2 rings (SSSR count). The summed E-state index contributed by atoms with van der Waals surface area (Å²) in [5.74, 6) is 0. The number of rotatable bonds is 0. The van der Waals surface area contributed by atoms with Crippen molar-refractivity contribution in [1.82, 2.24) is 4.90 Å². The van der Waals surface area contributed by atoms with Crippen molar-refractivity contribution in [2.75, 3.05) is 6.54 Å². The second kappa shape index (κ2) is 3.85. The van der Waals surface area contributed by atoms with E-state index in [0.717, 1.165) is 16.5 Å². The number of carbonyl (C=O) groups is 1. The fourth-order valence-corrected chi connectivity index (χ4v) is 2.47. The summed E-state index contributed by atoms with van der Waals surface area (Å²) < 4.78 is 1.05. The van der Waals surface area contributed by atoms with Gasteiger partial charge in [-0.05, 0) is 36.6 Å². The molecule has 0 radical (unpaired) electrons. The minimum atomic E-state index is -0.837. The molecule has 4 heteroatoms. The fraction of sp³-hybridized carbons (Fsp3) is 0.364. The van der Waals surface area contributed by atoms with Gasteiger partial charge in [-0.2, -0.15) is 0 Å². The zero-order valence-corrected chi connectivity index (χ0v) is 9.99. The number of halogens is 1. The minimum Gasteiger partial charge on any atom is -0.465 e. The van der Waals surface area contributed by atoms with Gasteiger partial charge in [0, 0.05) is 11.0 Å². The number of hydrogen-bond donors (Lipinski definition) is 1. The molecule has 0 spiro atoms. The molecule has 80 valence electrons. The van der Waals surface area contributed by atoms with Crippen molar-refractivity contribution in [1.29, 1.82) is 0 Å². The van der Waals surface area contributed by atoms with Crippen molar-refractivity contribution in [3.05, 3.63) is 33.8 Å². The normalized spacial score (nSPS) is 19.9. The Morgan fingerprint density at radius 1 is 1.60 bits per heavy atom. The maximum absolute atomic E-state index is 11.0. The lowest BCUT2D eigenvalue weighted by molar-refractivity contribution is 0.124. The van der Waals surface area contributed by atoms with E-state index in [0.29, 0.717) is 6.54 Å². The van der Waals surface area contributed by atoms with Crippen molar-refractivity contribution < 1.29 is 9.90 Å². The smallest absolute Gasteiger partial charge is 0.407 e. The van der Waals surface area contributed by atoms with Crippen LogP contribution in [0.15, 0.2) is 22.7 Å². The van der Waals surface area contributed by atoms with Crippen LogP contribution in [-0.4, -0.2) is 22.6 Å². The maximum Gasteiger partial charge on any atom is 0.407 e. The van der Waals surface area contributed by atoms with Gasteiger partial charge in [-0.15, -0.1) is 0 Å². The SMILES string of the molecule is CC1c2ccc(Br)cc2CCN1C(=O)O. The average Bonchev–Trinajstić information content (AvgIpc) is 2.17. The Morgan fingerprint density at radius 2 is 2.33 bits per heavy atom. The Bertz CT molecular complexity index is 406. The van der Waals surface area contributed by atoms with E-state index in [-0.39, 0.29) is 6.04 Å². The molecule has 1 atom stereocenters. The number of carboxylic acid groups (broad SMARTS) is 1. The molecule has 0 bridgehead atoms. The molecule has 1 aliphatic heterocycles. The van der Waals surface area contributed by atoms with Crippen LogP contribution in [0.3, 0.4) is 0 Å². The highest BCUT2D eigenvalue weighted by atomic mass is 79.9. The Hall–Kier alpha value is -1.03. The quantitative estimate of drug-likeness (QED) is 0.787. The summed E-state index contributed by atoms with van der Waals surface area (Å²) in [7, 11) is 0. The highest BCUT2D eigenvalue weighted by Gasteiger charge is 2.26.